The minimum atomic E-state index is -1.07. The summed E-state index contributed by atoms with van der Waals surface area (Å²) in [5.41, 5.74) is 1.13. The first-order valence-electron chi connectivity index (χ1n) is 7.81. The maximum Gasteiger partial charge on any atom is 0.356 e. The SMILES string of the molecule is O=C(O)c1cnc(NC(CN2CCCC2)c2ccccc2)cn1. The van der Waals surface area contributed by atoms with E-state index in [1.54, 1.807) is 0 Å². The number of carboxylic acid groups (broad SMARTS) is 1. The van der Waals surface area contributed by atoms with E-state index in [0.29, 0.717) is 5.82 Å². The van der Waals surface area contributed by atoms with E-state index in [4.69, 9.17) is 5.11 Å². The monoisotopic (exact) mass is 312 g/mol. The summed E-state index contributed by atoms with van der Waals surface area (Å²) in [5, 5.41) is 12.3. The van der Waals surface area contributed by atoms with Gasteiger partial charge in [-0.05, 0) is 31.5 Å². The van der Waals surface area contributed by atoms with Crippen molar-refractivity contribution >= 4 is 11.8 Å². The van der Waals surface area contributed by atoms with Crippen molar-refractivity contribution in [1.82, 2.24) is 14.9 Å². The summed E-state index contributed by atoms with van der Waals surface area (Å²) in [7, 11) is 0. The molecular weight excluding hydrogens is 292 g/mol. The fourth-order valence-electron chi connectivity index (χ4n) is 2.83. The molecule has 23 heavy (non-hydrogen) atoms. The van der Waals surface area contributed by atoms with Crippen LogP contribution in [0.15, 0.2) is 42.7 Å². The fraction of sp³-hybridized carbons (Fsp3) is 0.353. The smallest absolute Gasteiger partial charge is 0.356 e. The van der Waals surface area contributed by atoms with Gasteiger partial charge in [0, 0.05) is 6.54 Å². The second kappa shape index (κ2) is 7.19. The molecule has 1 unspecified atom stereocenters. The highest BCUT2D eigenvalue weighted by Gasteiger charge is 2.19. The molecule has 2 heterocycles. The summed E-state index contributed by atoms with van der Waals surface area (Å²) in [5.74, 6) is -0.483. The van der Waals surface area contributed by atoms with Crippen molar-refractivity contribution < 1.29 is 9.90 Å². The van der Waals surface area contributed by atoms with Crippen LogP contribution in [0.1, 0.15) is 34.9 Å². The minimum Gasteiger partial charge on any atom is -0.476 e. The lowest BCUT2D eigenvalue weighted by atomic mass is 10.1. The van der Waals surface area contributed by atoms with E-state index in [2.05, 4.69) is 32.3 Å². The van der Waals surface area contributed by atoms with Gasteiger partial charge in [0.1, 0.15) is 5.82 Å². The zero-order chi connectivity index (χ0) is 16.1. The zero-order valence-corrected chi connectivity index (χ0v) is 12.9. The highest BCUT2D eigenvalue weighted by molar-refractivity contribution is 5.84. The Kier molecular flexibility index (Phi) is 4.83. The summed E-state index contributed by atoms with van der Waals surface area (Å²) in [6.45, 7) is 3.13. The van der Waals surface area contributed by atoms with Crippen LogP contribution < -0.4 is 5.32 Å². The van der Waals surface area contributed by atoms with Gasteiger partial charge >= 0.3 is 5.97 Å². The predicted octanol–water partition coefficient (Wildman–Crippen LogP) is 2.42. The van der Waals surface area contributed by atoms with Crippen LogP contribution in [0.25, 0.3) is 0 Å². The van der Waals surface area contributed by atoms with Crippen molar-refractivity contribution in [1.29, 1.82) is 0 Å². The zero-order valence-electron chi connectivity index (χ0n) is 12.9. The number of carbonyl (C=O) groups is 1. The maximum absolute atomic E-state index is 10.9. The third-order valence-corrected chi connectivity index (χ3v) is 4.03. The van der Waals surface area contributed by atoms with Gasteiger partial charge < -0.3 is 15.3 Å². The number of rotatable bonds is 6. The average molecular weight is 312 g/mol. The molecule has 1 fully saturated rings. The van der Waals surface area contributed by atoms with Crippen LogP contribution in [0.2, 0.25) is 0 Å². The molecule has 1 aliphatic heterocycles. The topological polar surface area (TPSA) is 78.3 Å². The Labute approximate surface area is 135 Å². The Bertz CT molecular complexity index is 639. The summed E-state index contributed by atoms with van der Waals surface area (Å²) in [6, 6.07) is 10.3. The number of hydrogen-bond acceptors (Lipinski definition) is 5. The third-order valence-electron chi connectivity index (χ3n) is 4.03. The Morgan fingerprint density at radius 1 is 1.17 bits per heavy atom. The van der Waals surface area contributed by atoms with Gasteiger partial charge in [-0.2, -0.15) is 0 Å². The normalized spacial score (nSPS) is 16.2. The van der Waals surface area contributed by atoms with Gasteiger partial charge in [-0.3, -0.25) is 0 Å². The van der Waals surface area contributed by atoms with E-state index in [-0.39, 0.29) is 11.7 Å². The molecule has 2 N–H and O–H groups in total. The number of nitrogens with zero attached hydrogens (tertiary/aromatic N) is 3. The highest BCUT2D eigenvalue weighted by atomic mass is 16.4. The minimum absolute atomic E-state index is 0.0497. The van der Waals surface area contributed by atoms with E-state index in [1.807, 2.05) is 18.2 Å². The van der Waals surface area contributed by atoms with Gasteiger partial charge in [0.05, 0.1) is 18.4 Å². The molecule has 1 aliphatic rings. The Morgan fingerprint density at radius 2 is 1.91 bits per heavy atom. The van der Waals surface area contributed by atoms with Gasteiger partial charge in [-0.25, -0.2) is 14.8 Å². The van der Waals surface area contributed by atoms with E-state index >= 15 is 0 Å². The third kappa shape index (κ3) is 4.04. The lowest BCUT2D eigenvalue weighted by molar-refractivity contribution is 0.0690. The number of benzene rings is 1. The summed E-state index contributed by atoms with van der Waals surface area (Å²) < 4.78 is 0. The van der Waals surface area contributed by atoms with Crippen LogP contribution >= 0.6 is 0 Å². The van der Waals surface area contributed by atoms with E-state index in [0.717, 1.165) is 19.6 Å². The standard InChI is InChI=1S/C17H20N4O2/c22-17(23)14-10-19-16(11-18-14)20-15(12-21-8-4-5-9-21)13-6-2-1-3-7-13/h1-3,6-7,10-11,15H,4-5,8-9,12H2,(H,19,20)(H,22,23). The van der Waals surface area contributed by atoms with Gasteiger partial charge in [-0.1, -0.05) is 30.3 Å². The molecule has 120 valence electrons. The van der Waals surface area contributed by atoms with Gasteiger partial charge in [0.25, 0.3) is 0 Å². The molecule has 1 aromatic carbocycles. The first-order chi connectivity index (χ1) is 11.2. The van der Waals surface area contributed by atoms with Crippen LogP contribution in [-0.4, -0.2) is 45.6 Å². The summed E-state index contributed by atoms with van der Waals surface area (Å²) in [6.07, 6.45) is 5.25. The van der Waals surface area contributed by atoms with E-state index in [9.17, 15) is 4.79 Å². The van der Waals surface area contributed by atoms with Crippen LogP contribution in [0.4, 0.5) is 5.82 Å². The van der Waals surface area contributed by atoms with Crippen molar-refractivity contribution in [2.24, 2.45) is 0 Å². The largest absolute Gasteiger partial charge is 0.476 e. The van der Waals surface area contributed by atoms with Crippen LogP contribution in [-0.2, 0) is 0 Å². The van der Waals surface area contributed by atoms with Crippen LogP contribution in [0.5, 0.6) is 0 Å². The van der Waals surface area contributed by atoms with Gasteiger partial charge in [0.2, 0.25) is 0 Å². The molecule has 1 aromatic heterocycles. The van der Waals surface area contributed by atoms with Crippen molar-refractivity contribution in [2.75, 3.05) is 25.0 Å². The lowest BCUT2D eigenvalue weighted by Crippen LogP contribution is -2.29. The number of hydrogen-bond donors (Lipinski definition) is 2. The second-order valence-electron chi connectivity index (χ2n) is 5.71. The number of aromatic carboxylic acids is 1. The molecule has 0 saturated carbocycles. The first kappa shape index (κ1) is 15.4. The lowest BCUT2D eigenvalue weighted by Gasteiger charge is -2.25. The number of likely N-dealkylation sites (tertiary alicyclic amines) is 1. The Hall–Kier alpha value is -2.47. The molecule has 1 saturated heterocycles. The highest BCUT2D eigenvalue weighted by Crippen LogP contribution is 2.21. The molecular formula is C17H20N4O2. The van der Waals surface area contributed by atoms with Crippen molar-refractivity contribution in [3.8, 4) is 0 Å². The number of aromatic nitrogens is 2. The molecule has 6 heteroatoms. The van der Waals surface area contributed by atoms with E-state index < -0.39 is 5.97 Å². The maximum atomic E-state index is 10.9. The van der Waals surface area contributed by atoms with Crippen molar-refractivity contribution in [3.05, 3.63) is 54.0 Å². The molecule has 0 spiro atoms. The van der Waals surface area contributed by atoms with E-state index in [1.165, 1.54) is 30.8 Å². The van der Waals surface area contributed by atoms with Crippen LogP contribution in [0, 0.1) is 0 Å². The summed E-state index contributed by atoms with van der Waals surface area (Å²) in [4.78, 5) is 21.4. The Balaban J connectivity index is 1.76. The number of nitrogens with one attached hydrogen (secondary N) is 1. The van der Waals surface area contributed by atoms with Gasteiger partial charge in [0.15, 0.2) is 5.69 Å². The Morgan fingerprint density at radius 3 is 2.52 bits per heavy atom. The molecule has 3 rings (SSSR count). The summed E-state index contributed by atoms with van der Waals surface area (Å²) >= 11 is 0. The van der Waals surface area contributed by atoms with Crippen LogP contribution in [0.3, 0.4) is 0 Å². The fourth-order valence-corrected chi connectivity index (χ4v) is 2.83. The molecule has 6 nitrogen and oxygen atoms in total. The molecule has 1 atom stereocenters. The molecule has 0 aliphatic carbocycles. The molecule has 0 radical (unpaired) electrons. The average Bonchev–Trinajstić information content (AvgIpc) is 3.09. The number of anilines is 1. The molecule has 0 amide bonds. The molecule has 2 aromatic rings. The number of carboxylic acids is 1. The molecule has 0 bridgehead atoms. The quantitative estimate of drug-likeness (QED) is 0.853. The van der Waals surface area contributed by atoms with Crippen molar-refractivity contribution in [3.63, 3.8) is 0 Å². The first-order valence-corrected chi connectivity index (χ1v) is 7.81. The van der Waals surface area contributed by atoms with Crippen molar-refractivity contribution in [2.45, 2.75) is 18.9 Å². The second-order valence-corrected chi connectivity index (χ2v) is 5.71. The predicted molar refractivity (Wildman–Crippen MR) is 87.5 cm³/mol. The van der Waals surface area contributed by atoms with Gasteiger partial charge in [-0.15, -0.1) is 0 Å².